The summed E-state index contributed by atoms with van der Waals surface area (Å²) >= 11 is 0. The highest BCUT2D eigenvalue weighted by Crippen LogP contribution is 2.32. The summed E-state index contributed by atoms with van der Waals surface area (Å²) in [6.45, 7) is 2.29. The highest BCUT2D eigenvalue weighted by Gasteiger charge is 2.30. The van der Waals surface area contributed by atoms with Crippen LogP contribution in [-0.2, 0) is 12.7 Å². The van der Waals surface area contributed by atoms with Gasteiger partial charge < -0.3 is 9.51 Å². The predicted octanol–water partition coefficient (Wildman–Crippen LogP) is 4.23. The Morgan fingerprint density at radius 1 is 1.10 bits per heavy atom. The molecule has 2 heterocycles. The quantitative estimate of drug-likeness (QED) is 0.512. The van der Waals surface area contributed by atoms with Gasteiger partial charge in [-0.2, -0.15) is 18.2 Å². The van der Waals surface area contributed by atoms with Crippen molar-refractivity contribution in [3.63, 3.8) is 0 Å². The molecule has 31 heavy (non-hydrogen) atoms. The molecule has 0 saturated carbocycles. The number of aromatic amines is 1. The van der Waals surface area contributed by atoms with E-state index in [2.05, 4.69) is 15.1 Å². The van der Waals surface area contributed by atoms with E-state index in [-0.39, 0.29) is 17.3 Å². The number of hydrogen-bond donors (Lipinski definition) is 1. The molecule has 2 aromatic carbocycles. The smallest absolute Gasteiger partial charge is 0.334 e. The molecule has 7 nitrogen and oxygen atoms in total. The van der Waals surface area contributed by atoms with Crippen LogP contribution in [0.1, 0.15) is 25.3 Å². The van der Waals surface area contributed by atoms with Crippen LogP contribution in [0.25, 0.3) is 33.7 Å². The zero-order valence-corrected chi connectivity index (χ0v) is 16.4. The van der Waals surface area contributed by atoms with Crippen LogP contribution >= 0.6 is 0 Å². The number of nitrogens with one attached hydrogen (secondary N) is 1. The van der Waals surface area contributed by atoms with Gasteiger partial charge in [0.05, 0.1) is 16.5 Å². The summed E-state index contributed by atoms with van der Waals surface area (Å²) in [5, 5.41) is 4.09. The number of hydrogen-bond acceptors (Lipinski definition) is 5. The van der Waals surface area contributed by atoms with Crippen LogP contribution in [0, 0.1) is 0 Å². The molecule has 4 aromatic rings. The normalized spacial score (nSPS) is 11.9. The zero-order valence-electron chi connectivity index (χ0n) is 16.4. The first-order valence-corrected chi connectivity index (χ1v) is 9.56. The minimum absolute atomic E-state index is 0.00956. The molecule has 160 valence electrons. The van der Waals surface area contributed by atoms with E-state index in [1.54, 1.807) is 12.1 Å². The van der Waals surface area contributed by atoms with Gasteiger partial charge in [0.15, 0.2) is 0 Å². The number of aromatic nitrogens is 4. The third-order valence-electron chi connectivity index (χ3n) is 4.84. The molecule has 0 unspecified atom stereocenters. The number of fused-ring (bicyclic) bond motifs is 1. The van der Waals surface area contributed by atoms with Crippen molar-refractivity contribution in [1.29, 1.82) is 0 Å². The van der Waals surface area contributed by atoms with Gasteiger partial charge in [-0.15, -0.1) is 0 Å². The van der Waals surface area contributed by atoms with Crippen molar-refractivity contribution in [2.24, 2.45) is 0 Å². The Bertz CT molecular complexity index is 1370. The first-order chi connectivity index (χ1) is 14.8. The molecule has 0 atom stereocenters. The van der Waals surface area contributed by atoms with Crippen LogP contribution in [0.4, 0.5) is 13.2 Å². The van der Waals surface area contributed by atoms with Crippen LogP contribution < -0.4 is 11.2 Å². The Labute approximate surface area is 173 Å². The van der Waals surface area contributed by atoms with Crippen molar-refractivity contribution in [3.8, 4) is 22.8 Å². The highest BCUT2D eigenvalue weighted by molar-refractivity contribution is 5.82. The second kappa shape index (κ2) is 7.86. The fraction of sp³-hybridized carbons (Fsp3) is 0.238. The van der Waals surface area contributed by atoms with Crippen LogP contribution in [0.15, 0.2) is 56.6 Å². The van der Waals surface area contributed by atoms with Gasteiger partial charge in [0.1, 0.15) is 0 Å². The van der Waals surface area contributed by atoms with E-state index >= 15 is 0 Å². The maximum Gasteiger partial charge on any atom is 0.416 e. The standard InChI is InChI=1S/C21H17F3N4O3/c1-2-3-9-28-19(29)15-8-7-13(11-16(15)25-20(28)30)18-26-17(27-31-18)12-5-4-6-14(10-12)21(22,23)24/h4-8,10-11H,2-3,9H2,1H3,(H,25,30). The molecular weight excluding hydrogens is 413 g/mol. The van der Waals surface area contributed by atoms with E-state index in [9.17, 15) is 22.8 Å². The molecule has 0 aliphatic carbocycles. The van der Waals surface area contributed by atoms with Crippen molar-refractivity contribution in [1.82, 2.24) is 19.7 Å². The molecule has 0 fully saturated rings. The molecule has 4 rings (SSSR count). The van der Waals surface area contributed by atoms with Crippen molar-refractivity contribution >= 4 is 10.9 Å². The van der Waals surface area contributed by atoms with Crippen molar-refractivity contribution in [3.05, 3.63) is 68.9 Å². The van der Waals surface area contributed by atoms with E-state index < -0.39 is 23.0 Å². The fourth-order valence-electron chi connectivity index (χ4n) is 3.20. The van der Waals surface area contributed by atoms with Gasteiger partial charge in [-0.1, -0.05) is 30.6 Å². The zero-order chi connectivity index (χ0) is 22.2. The lowest BCUT2D eigenvalue weighted by Gasteiger charge is -2.06. The molecule has 0 aliphatic heterocycles. The van der Waals surface area contributed by atoms with Crippen LogP contribution in [0.3, 0.4) is 0 Å². The third kappa shape index (κ3) is 4.00. The van der Waals surface area contributed by atoms with E-state index in [0.29, 0.717) is 29.4 Å². The molecule has 0 radical (unpaired) electrons. The molecule has 0 aliphatic rings. The topological polar surface area (TPSA) is 93.8 Å². The second-order valence-corrected chi connectivity index (χ2v) is 7.00. The number of nitrogens with zero attached hydrogens (tertiary/aromatic N) is 3. The minimum atomic E-state index is -4.49. The Morgan fingerprint density at radius 3 is 2.65 bits per heavy atom. The van der Waals surface area contributed by atoms with Gasteiger partial charge >= 0.3 is 11.9 Å². The van der Waals surface area contributed by atoms with Gasteiger partial charge in [0.25, 0.3) is 11.4 Å². The first kappa shape index (κ1) is 20.6. The summed E-state index contributed by atoms with van der Waals surface area (Å²) in [6.07, 6.45) is -2.95. The summed E-state index contributed by atoms with van der Waals surface area (Å²) in [4.78, 5) is 31.7. The second-order valence-electron chi connectivity index (χ2n) is 7.00. The van der Waals surface area contributed by atoms with Gasteiger partial charge in [0, 0.05) is 17.7 Å². The van der Waals surface area contributed by atoms with Crippen molar-refractivity contribution < 1.29 is 17.7 Å². The van der Waals surface area contributed by atoms with Crippen LogP contribution in [-0.4, -0.2) is 19.7 Å². The summed E-state index contributed by atoms with van der Waals surface area (Å²) in [7, 11) is 0. The fourth-order valence-corrected chi connectivity index (χ4v) is 3.20. The average Bonchev–Trinajstić information content (AvgIpc) is 3.23. The highest BCUT2D eigenvalue weighted by atomic mass is 19.4. The molecule has 0 saturated heterocycles. The number of alkyl halides is 3. The van der Waals surface area contributed by atoms with Gasteiger partial charge in [-0.25, -0.2) is 4.79 Å². The summed E-state index contributed by atoms with van der Waals surface area (Å²) < 4.78 is 45.2. The number of unbranched alkanes of at least 4 members (excludes halogenated alkanes) is 1. The Hall–Kier alpha value is -3.69. The third-order valence-corrected chi connectivity index (χ3v) is 4.84. The molecule has 1 N–H and O–H groups in total. The Morgan fingerprint density at radius 2 is 1.90 bits per heavy atom. The van der Waals surface area contributed by atoms with E-state index in [0.717, 1.165) is 23.1 Å². The largest absolute Gasteiger partial charge is 0.416 e. The number of rotatable bonds is 5. The van der Waals surface area contributed by atoms with Gasteiger partial charge in [-0.05, 0) is 36.8 Å². The van der Waals surface area contributed by atoms with E-state index in [1.165, 1.54) is 18.2 Å². The first-order valence-electron chi connectivity index (χ1n) is 9.56. The van der Waals surface area contributed by atoms with Crippen LogP contribution in [0.2, 0.25) is 0 Å². The molecule has 2 aromatic heterocycles. The van der Waals surface area contributed by atoms with Gasteiger partial charge in [-0.3, -0.25) is 9.36 Å². The molecule has 0 spiro atoms. The Balaban J connectivity index is 1.72. The van der Waals surface area contributed by atoms with Crippen molar-refractivity contribution in [2.45, 2.75) is 32.5 Å². The minimum Gasteiger partial charge on any atom is -0.334 e. The maximum absolute atomic E-state index is 12.9. The lowest BCUT2D eigenvalue weighted by molar-refractivity contribution is -0.137. The summed E-state index contributed by atoms with van der Waals surface area (Å²) in [5.41, 5.74) is -0.859. The molecule has 0 amide bonds. The van der Waals surface area contributed by atoms with Gasteiger partial charge in [0.2, 0.25) is 5.82 Å². The molecular formula is C21H17F3N4O3. The Kier molecular flexibility index (Phi) is 5.22. The van der Waals surface area contributed by atoms with Crippen molar-refractivity contribution in [2.75, 3.05) is 0 Å². The number of benzene rings is 2. The number of halogens is 3. The molecule has 10 heteroatoms. The number of H-pyrrole nitrogens is 1. The SMILES string of the molecule is CCCCn1c(=O)[nH]c2cc(-c3nc(-c4cccc(C(F)(F)F)c4)no3)ccc2c1=O. The predicted molar refractivity (Wildman–Crippen MR) is 107 cm³/mol. The van der Waals surface area contributed by atoms with E-state index in [4.69, 9.17) is 4.52 Å². The summed E-state index contributed by atoms with van der Waals surface area (Å²) in [6, 6.07) is 9.24. The maximum atomic E-state index is 12.9. The monoisotopic (exact) mass is 430 g/mol. The van der Waals surface area contributed by atoms with E-state index in [1.807, 2.05) is 6.92 Å². The van der Waals surface area contributed by atoms with Crippen LogP contribution in [0.5, 0.6) is 0 Å². The lowest BCUT2D eigenvalue weighted by Crippen LogP contribution is -2.35. The summed E-state index contributed by atoms with van der Waals surface area (Å²) in [5.74, 6) is 0.0370. The average molecular weight is 430 g/mol. The lowest BCUT2D eigenvalue weighted by atomic mass is 10.1. The molecule has 0 bridgehead atoms.